The fourth-order valence-corrected chi connectivity index (χ4v) is 8.29. The highest BCUT2D eigenvalue weighted by molar-refractivity contribution is 7.14. The average molecular weight is 551 g/mol. The Kier molecular flexibility index (Phi) is 7.40. The highest BCUT2D eigenvalue weighted by Crippen LogP contribution is 2.50. The van der Waals surface area contributed by atoms with Crippen molar-refractivity contribution in [2.24, 2.45) is 5.92 Å². The Bertz CT molecular complexity index is 1360. The number of aromatic amines is 1. The number of hydrogen-bond donors (Lipinski definition) is 3. The minimum absolute atomic E-state index is 0.0446. The van der Waals surface area contributed by atoms with Gasteiger partial charge < -0.3 is 15.5 Å². The molecule has 200 valence electrons. The van der Waals surface area contributed by atoms with Crippen molar-refractivity contribution in [3.63, 3.8) is 0 Å². The van der Waals surface area contributed by atoms with Crippen LogP contribution in [0.3, 0.4) is 0 Å². The summed E-state index contributed by atoms with van der Waals surface area (Å²) >= 11 is 3.31. The van der Waals surface area contributed by atoms with E-state index in [0.717, 1.165) is 30.5 Å². The second kappa shape index (κ2) is 10.6. The summed E-state index contributed by atoms with van der Waals surface area (Å²) in [6, 6.07) is 6.85. The fraction of sp³-hybridized carbons (Fsp3) is 0.519. The first kappa shape index (κ1) is 26.5. The lowest BCUT2D eigenvalue weighted by atomic mass is 9.70. The maximum atomic E-state index is 12.6. The third-order valence-electron chi connectivity index (χ3n) is 8.21. The standard InChI is InChI=1S/C27H34N8OS2/c1-15-10-19(13-28)35(18(15)4)17(3)14-30-16(2)12-27(26-31-33-34-32-26)20-8-9-37-22(20)6-7-23-21(27)11-24(38-23)25(36)29-5/h8-9,11,15-16,18-19,30H,3,6-7,10,12,14H2,1-2,4-5H3,(H,29,36)(H,31,32,33,34)/t15-,16+,18?,19?,27?/m0/s1. The normalized spacial score (nSPS) is 25.2. The maximum Gasteiger partial charge on any atom is 0.261 e. The van der Waals surface area contributed by atoms with E-state index < -0.39 is 5.41 Å². The van der Waals surface area contributed by atoms with Crippen LogP contribution < -0.4 is 10.6 Å². The molecule has 38 heavy (non-hydrogen) atoms. The van der Waals surface area contributed by atoms with Crippen molar-refractivity contribution < 1.29 is 4.79 Å². The molecule has 1 aliphatic carbocycles. The predicted octanol–water partition coefficient (Wildman–Crippen LogP) is 3.62. The lowest BCUT2D eigenvalue weighted by Gasteiger charge is -2.35. The van der Waals surface area contributed by atoms with Crippen LogP contribution in [0.1, 0.15) is 70.0 Å². The monoisotopic (exact) mass is 550 g/mol. The number of likely N-dealkylation sites (tertiary alicyclic amines) is 1. The smallest absolute Gasteiger partial charge is 0.261 e. The van der Waals surface area contributed by atoms with E-state index in [9.17, 15) is 10.1 Å². The average Bonchev–Trinajstić information content (AvgIpc) is 3.71. The topological polar surface area (TPSA) is 123 Å². The number of fused-ring (bicyclic) bond motifs is 2. The summed E-state index contributed by atoms with van der Waals surface area (Å²) in [5, 5.41) is 34.0. The van der Waals surface area contributed by atoms with E-state index in [1.807, 2.05) is 6.07 Å². The van der Waals surface area contributed by atoms with Gasteiger partial charge in [-0.1, -0.05) is 18.7 Å². The van der Waals surface area contributed by atoms with E-state index in [1.54, 1.807) is 29.7 Å². The summed E-state index contributed by atoms with van der Waals surface area (Å²) < 4.78 is 0. The largest absolute Gasteiger partial charge is 0.355 e. The molecule has 0 bridgehead atoms. The van der Waals surface area contributed by atoms with E-state index in [-0.39, 0.29) is 24.0 Å². The van der Waals surface area contributed by atoms with Crippen LogP contribution in [0.15, 0.2) is 29.8 Å². The Morgan fingerprint density at radius 2 is 2.16 bits per heavy atom. The van der Waals surface area contributed by atoms with Crippen LogP contribution in [0.2, 0.25) is 0 Å². The lowest BCUT2D eigenvalue weighted by molar-refractivity contribution is 0.0967. The molecule has 1 aliphatic heterocycles. The molecule has 0 aromatic carbocycles. The van der Waals surface area contributed by atoms with Gasteiger partial charge in [-0.25, -0.2) is 0 Å². The number of tetrazole rings is 1. The maximum absolute atomic E-state index is 12.6. The molecule has 5 rings (SSSR count). The summed E-state index contributed by atoms with van der Waals surface area (Å²) in [6.07, 6.45) is 3.31. The first-order valence-corrected chi connectivity index (χ1v) is 14.7. The van der Waals surface area contributed by atoms with Gasteiger partial charge in [0, 0.05) is 41.1 Å². The van der Waals surface area contributed by atoms with Gasteiger partial charge in [0.25, 0.3) is 5.91 Å². The van der Waals surface area contributed by atoms with Gasteiger partial charge in [-0.15, -0.1) is 32.9 Å². The van der Waals surface area contributed by atoms with Crippen molar-refractivity contribution in [1.29, 1.82) is 5.26 Å². The van der Waals surface area contributed by atoms with Crippen LogP contribution in [-0.4, -0.2) is 63.1 Å². The number of nitrogens with one attached hydrogen (secondary N) is 3. The zero-order chi connectivity index (χ0) is 27.0. The third kappa shape index (κ3) is 4.44. The Morgan fingerprint density at radius 3 is 2.87 bits per heavy atom. The number of aromatic nitrogens is 4. The molecule has 2 aliphatic rings. The minimum atomic E-state index is -0.657. The number of H-pyrrole nitrogens is 1. The zero-order valence-electron chi connectivity index (χ0n) is 22.2. The molecule has 1 amide bonds. The van der Waals surface area contributed by atoms with Crippen LogP contribution in [0.25, 0.3) is 0 Å². The number of nitriles is 1. The van der Waals surface area contributed by atoms with Crippen LogP contribution in [-0.2, 0) is 18.3 Å². The Labute approximate surface area is 231 Å². The molecular weight excluding hydrogens is 516 g/mol. The Morgan fingerprint density at radius 1 is 1.37 bits per heavy atom. The number of rotatable bonds is 8. The Hall–Kier alpha value is -3.07. The van der Waals surface area contributed by atoms with Gasteiger partial charge >= 0.3 is 0 Å². The molecule has 3 aromatic heterocycles. The van der Waals surface area contributed by atoms with Gasteiger partial charge in [-0.2, -0.15) is 10.5 Å². The van der Waals surface area contributed by atoms with Gasteiger partial charge in [-0.3, -0.25) is 4.79 Å². The summed E-state index contributed by atoms with van der Waals surface area (Å²) in [5.74, 6) is 0.976. The summed E-state index contributed by atoms with van der Waals surface area (Å²) in [7, 11) is 1.66. The van der Waals surface area contributed by atoms with E-state index in [1.165, 1.54) is 15.3 Å². The van der Waals surface area contributed by atoms with E-state index in [0.29, 0.717) is 29.6 Å². The fourth-order valence-electron chi connectivity index (χ4n) is 6.15. The molecule has 4 heterocycles. The lowest BCUT2D eigenvalue weighted by Crippen LogP contribution is -2.43. The zero-order valence-corrected chi connectivity index (χ0v) is 23.9. The molecule has 11 heteroatoms. The number of amides is 1. The Balaban J connectivity index is 1.49. The molecule has 3 N–H and O–H groups in total. The van der Waals surface area contributed by atoms with Gasteiger partial charge in [0.05, 0.1) is 16.4 Å². The summed E-state index contributed by atoms with van der Waals surface area (Å²) in [4.78, 5) is 18.0. The van der Waals surface area contributed by atoms with Gasteiger partial charge in [0.15, 0.2) is 5.82 Å². The van der Waals surface area contributed by atoms with E-state index in [4.69, 9.17) is 0 Å². The molecule has 1 fully saturated rings. The number of hydrogen-bond acceptors (Lipinski definition) is 9. The number of nitrogens with zero attached hydrogens (tertiary/aromatic N) is 5. The molecule has 3 unspecified atom stereocenters. The molecule has 9 nitrogen and oxygen atoms in total. The number of carbonyl (C=O) groups is 1. The van der Waals surface area contributed by atoms with Crippen LogP contribution >= 0.6 is 22.7 Å². The first-order chi connectivity index (χ1) is 18.3. The van der Waals surface area contributed by atoms with Crippen molar-refractivity contribution in [2.45, 2.75) is 70.0 Å². The van der Waals surface area contributed by atoms with Gasteiger partial charge in [0.2, 0.25) is 0 Å². The quantitative estimate of drug-likeness (QED) is 0.392. The molecule has 0 radical (unpaired) electrons. The van der Waals surface area contributed by atoms with Gasteiger partial charge in [-0.05, 0) is 74.1 Å². The number of aryl methyl sites for hydroxylation is 2. The van der Waals surface area contributed by atoms with Gasteiger partial charge in [0.1, 0.15) is 6.04 Å². The van der Waals surface area contributed by atoms with Crippen molar-refractivity contribution in [3.8, 4) is 6.07 Å². The van der Waals surface area contributed by atoms with Crippen LogP contribution in [0.4, 0.5) is 0 Å². The summed E-state index contributed by atoms with van der Waals surface area (Å²) in [5.41, 5.74) is 2.54. The second-order valence-electron chi connectivity index (χ2n) is 10.5. The molecule has 3 aromatic rings. The van der Waals surface area contributed by atoms with E-state index >= 15 is 0 Å². The number of thiophene rings is 2. The van der Waals surface area contributed by atoms with E-state index in [2.05, 4.69) is 81.0 Å². The van der Waals surface area contributed by atoms with Crippen molar-refractivity contribution in [3.05, 3.63) is 61.4 Å². The highest BCUT2D eigenvalue weighted by Gasteiger charge is 2.47. The molecule has 0 spiro atoms. The molecular formula is C27H34N8OS2. The third-order valence-corrected chi connectivity index (χ3v) is 10.4. The van der Waals surface area contributed by atoms with Crippen LogP contribution in [0.5, 0.6) is 0 Å². The summed E-state index contributed by atoms with van der Waals surface area (Å²) in [6.45, 7) is 11.5. The molecule has 5 atom stereocenters. The molecule has 0 saturated carbocycles. The second-order valence-corrected chi connectivity index (χ2v) is 12.6. The van der Waals surface area contributed by atoms with Crippen molar-refractivity contribution in [1.82, 2.24) is 36.2 Å². The predicted molar refractivity (Wildman–Crippen MR) is 149 cm³/mol. The number of carbonyl (C=O) groups excluding carboxylic acids is 1. The van der Waals surface area contributed by atoms with Crippen LogP contribution in [0, 0.1) is 17.2 Å². The van der Waals surface area contributed by atoms with Crippen molar-refractivity contribution in [2.75, 3.05) is 13.6 Å². The highest BCUT2D eigenvalue weighted by atomic mass is 32.1. The minimum Gasteiger partial charge on any atom is -0.355 e. The molecule has 1 saturated heterocycles. The SMILES string of the molecule is C=C(CN[C@H](C)CC1(c2nn[nH]n2)c2ccsc2CCc2sc(C(=O)NC)cc21)N1C(C#N)C[C@H](C)C1C. The first-order valence-electron chi connectivity index (χ1n) is 13.0. The van der Waals surface area contributed by atoms with Crippen molar-refractivity contribution >= 4 is 28.6 Å².